The van der Waals surface area contributed by atoms with Gasteiger partial charge in [0.1, 0.15) is 0 Å². The first-order valence-electron chi connectivity index (χ1n) is 8.31. The third-order valence-corrected chi connectivity index (χ3v) is 3.91. The molecule has 0 unspecified atom stereocenters. The predicted molar refractivity (Wildman–Crippen MR) is 98.0 cm³/mol. The molecule has 126 valence electrons. The van der Waals surface area contributed by atoms with Gasteiger partial charge in [-0.15, -0.1) is 0 Å². The summed E-state index contributed by atoms with van der Waals surface area (Å²) < 4.78 is 0. The van der Waals surface area contributed by atoms with Gasteiger partial charge in [0, 0.05) is 19.0 Å². The fourth-order valence-electron chi connectivity index (χ4n) is 2.63. The lowest BCUT2D eigenvalue weighted by molar-refractivity contribution is -0.120. The standard InChI is InChI=1S/C21H25NO2/c1-15(2)13-20(23)14-22(4)21(24)19-11-9-18(10-12-19)17-7-5-16(3)6-8-17/h5-12,15H,13-14H2,1-4H3. The topological polar surface area (TPSA) is 37.4 Å². The van der Waals surface area contributed by atoms with Crippen molar-refractivity contribution in [2.75, 3.05) is 13.6 Å². The second kappa shape index (κ2) is 7.91. The minimum Gasteiger partial charge on any atom is -0.334 e. The van der Waals surface area contributed by atoms with Crippen LogP contribution in [0.15, 0.2) is 48.5 Å². The fraction of sp³-hybridized carbons (Fsp3) is 0.333. The molecule has 0 aliphatic carbocycles. The Balaban J connectivity index is 2.05. The van der Waals surface area contributed by atoms with E-state index in [1.165, 1.54) is 10.5 Å². The van der Waals surface area contributed by atoms with Crippen molar-refractivity contribution in [3.8, 4) is 11.1 Å². The molecule has 2 aromatic rings. The number of nitrogens with zero attached hydrogens (tertiary/aromatic N) is 1. The summed E-state index contributed by atoms with van der Waals surface area (Å²) in [6.07, 6.45) is 0.504. The summed E-state index contributed by atoms with van der Waals surface area (Å²) in [7, 11) is 1.68. The van der Waals surface area contributed by atoms with Crippen LogP contribution in [0, 0.1) is 12.8 Å². The first-order valence-corrected chi connectivity index (χ1v) is 8.31. The van der Waals surface area contributed by atoms with Crippen molar-refractivity contribution in [1.82, 2.24) is 4.90 Å². The van der Waals surface area contributed by atoms with Gasteiger partial charge in [-0.2, -0.15) is 0 Å². The number of Topliss-reactive ketones (excluding diaryl/α,β-unsaturated/α-hetero) is 1. The molecule has 0 saturated heterocycles. The van der Waals surface area contributed by atoms with Gasteiger partial charge in [0.25, 0.3) is 5.91 Å². The van der Waals surface area contributed by atoms with Crippen LogP contribution in [0.5, 0.6) is 0 Å². The summed E-state index contributed by atoms with van der Waals surface area (Å²) in [6, 6.07) is 15.8. The molecule has 3 heteroatoms. The number of likely N-dealkylation sites (N-methyl/N-ethyl adjacent to an activating group) is 1. The van der Waals surface area contributed by atoms with Gasteiger partial charge in [-0.1, -0.05) is 55.8 Å². The molecule has 0 atom stereocenters. The van der Waals surface area contributed by atoms with Crippen LogP contribution in [-0.2, 0) is 4.79 Å². The molecule has 0 heterocycles. The Kier molecular flexibility index (Phi) is 5.91. The summed E-state index contributed by atoms with van der Waals surface area (Å²) in [5, 5.41) is 0. The molecule has 2 aromatic carbocycles. The molecule has 1 amide bonds. The second-order valence-electron chi connectivity index (χ2n) is 6.74. The van der Waals surface area contributed by atoms with Crippen LogP contribution in [0.1, 0.15) is 36.2 Å². The zero-order chi connectivity index (χ0) is 17.7. The first-order chi connectivity index (χ1) is 11.4. The fourth-order valence-corrected chi connectivity index (χ4v) is 2.63. The Morgan fingerprint density at radius 1 is 0.917 bits per heavy atom. The molecular formula is C21H25NO2. The zero-order valence-corrected chi connectivity index (χ0v) is 14.9. The monoisotopic (exact) mass is 323 g/mol. The molecule has 24 heavy (non-hydrogen) atoms. The maximum atomic E-state index is 12.4. The number of rotatable bonds is 6. The molecule has 0 spiro atoms. The molecule has 0 aliphatic heterocycles. The Hall–Kier alpha value is -2.42. The van der Waals surface area contributed by atoms with E-state index < -0.39 is 0 Å². The third-order valence-electron chi connectivity index (χ3n) is 3.91. The van der Waals surface area contributed by atoms with Crippen LogP contribution in [0.4, 0.5) is 0 Å². The maximum Gasteiger partial charge on any atom is 0.253 e. The van der Waals surface area contributed by atoms with E-state index >= 15 is 0 Å². The highest BCUT2D eigenvalue weighted by atomic mass is 16.2. The lowest BCUT2D eigenvalue weighted by Crippen LogP contribution is -2.32. The molecular weight excluding hydrogens is 298 g/mol. The third kappa shape index (κ3) is 4.79. The number of ketones is 1. The van der Waals surface area contributed by atoms with Crippen LogP contribution in [0.2, 0.25) is 0 Å². The van der Waals surface area contributed by atoms with Crippen LogP contribution in [-0.4, -0.2) is 30.2 Å². The minimum atomic E-state index is -0.123. The molecule has 0 aromatic heterocycles. The maximum absolute atomic E-state index is 12.4. The smallest absolute Gasteiger partial charge is 0.253 e. The van der Waals surface area contributed by atoms with Gasteiger partial charge in [-0.25, -0.2) is 0 Å². The Morgan fingerprint density at radius 3 is 1.92 bits per heavy atom. The summed E-state index contributed by atoms with van der Waals surface area (Å²) in [6.45, 7) is 6.23. The molecule has 0 fully saturated rings. The lowest BCUT2D eigenvalue weighted by Gasteiger charge is -2.17. The van der Waals surface area contributed by atoms with Crippen molar-refractivity contribution >= 4 is 11.7 Å². The largest absolute Gasteiger partial charge is 0.334 e. The van der Waals surface area contributed by atoms with Crippen LogP contribution >= 0.6 is 0 Å². The summed E-state index contributed by atoms with van der Waals surface area (Å²) in [4.78, 5) is 25.8. The van der Waals surface area contributed by atoms with Crippen LogP contribution in [0.25, 0.3) is 11.1 Å². The van der Waals surface area contributed by atoms with Crippen molar-refractivity contribution in [2.45, 2.75) is 27.2 Å². The van der Waals surface area contributed by atoms with Crippen molar-refractivity contribution < 1.29 is 9.59 Å². The Bertz CT molecular complexity index is 700. The predicted octanol–water partition coefficient (Wildman–Crippen LogP) is 4.35. The number of benzene rings is 2. The highest BCUT2D eigenvalue weighted by molar-refractivity contribution is 5.97. The Morgan fingerprint density at radius 2 is 1.42 bits per heavy atom. The van der Waals surface area contributed by atoms with Gasteiger partial charge in [-0.3, -0.25) is 9.59 Å². The van der Waals surface area contributed by atoms with E-state index in [9.17, 15) is 9.59 Å². The normalized spacial score (nSPS) is 10.7. The van der Waals surface area contributed by atoms with Crippen molar-refractivity contribution in [3.63, 3.8) is 0 Å². The molecule has 0 saturated carbocycles. The Labute approximate surface area is 144 Å². The van der Waals surface area contributed by atoms with E-state index in [4.69, 9.17) is 0 Å². The molecule has 0 radical (unpaired) electrons. The highest BCUT2D eigenvalue weighted by Gasteiger charge is 2.15. The van der Waals surface area contributed by atoms with Crippen molar-refractivity contribution in [3.05, 3.63) is 59.7 Å². The van der Waals surface area contributed by atoms with E-state index in [1.807, 2.05) is 38.1 Å². The zero-order valence-electron chi connectivity index (χ0n) is 14.9. The van der Waals surface area contributed by atoms with Crippen LogP contribution < -0.4 is 0 Å². The summed E-state index contributed by atoms with van der Waals surface area (Å²) >= 11 is 0. The quantitative estimate of drug-likeness (QED) is 0.792. The molecule has 3 nitrogen and oxygen atoms in total. The average molecular weight is 323 g/mol. The number of carbonyl (C=O) groups excluding carboxylic acids is 2. The van der Waals surface area contributed by atoms with Crippen molar-refractivity contribution in [2.24, 2.45) is 5.92 Å². The number of amides is 1. The summed E-state index contributed by atoms with van der Waals surface area (Å²) in [5.74, 6) is 0.287. The number of hydrogen-bond donors (Lipinski definition) is 0. The first kappa shape index (κ1) is 17.9. The summed E-state index contributed by atoms with van der Waals surface area (Å²) in [5.41, 5.74) is 4.02. The van der Waals surface area contributed by atoms with E-state index in [-0.39, 0.29) is 18.2 Å². The van der Waals surface area contributed by atoms with Gasteiger partial charge in [0.15, 0.2) is 5.78 Å². The molecule has 0 aliphatic rings. The lowest BCUT2D eigenvalue weighted by atomic mass is 10.0. The average Bonchev–Trinajstić information content (AvgIpc) is 2.54. The minimum absolute atomic E-state index is 0.0946. The number of aryl methyl sites for hydroxylation is 1. The molecule has 0 bridgehead atoms. The van der Waals surface area contributed by atoms with Gasteiger partial charge in [-0.05, 0) is 36.1 Å². The van der Waals surface area contributed by atoms with Crippen LogP contribution in [0.3, 0.4) is 0 Å². The highest BCUT2D eigenvalue weighted by Crippen LogP contribution is 2.20. The number of hydrogen-bond acceptors (Lipinski definition) is 2. The van der Waals surface area contributed by atoms with Gasteiger partial charge < -0.3 is 4.90 Å². The van der Waals surface area contributed by atoms with E-state index in [0.717, 1.165) is 11.1 Å². The molecule has 2 rings (SSSR count). The molecule has 0 N–H and O–H groups in total. The second-order valence-corrected chi connectivity index (χ2v) is 6.74. The van der Waals surface area contributed by atoms with E-state index in [1.54, 1.807) is 7.05 Å². The number of carbonyl (C=O) groups is 2. The van der Waals surface area contributed by atoms with E-state index in [0.29, 0.717) is 17.9 Å². The SMILES string of the molecule is Cc1ccc(-c2ccc(C(=O)N(C)CC(=O)CC(C)C)cc2)cc1. The van der Waals surface area contributed by atoms with Gasteiger partial charge in [0.2, 0.25) is 0 Å². The van der Waals surface area contributed by atoms with Gasteiger partial charge in [0.05, 0.1) is 6.54 Å². The van der Waals surface area contributed by atoms with Gasteiger partial charge >= 0.3 is 0 Å². The van der Waals surface area contributed by atoms with Crippen molar-refractivity contribution in [1.29, 1.82) is 0 Å². The van der Waals surface area contributed by atoms with E-state index in [2.05, 4.69) is 31.2 Å².